The number of hydrogen-bond acceptors (Lipinski definition) is 4. The molecule has 0 spiro atoms. The maximum Gasteiger partial charge on any atom is 0.325 e. The zero-order valence-corrected chi connectivity index (χ0v) is 13.5. The van der Waals surface area contributed by atoms with E-state index in [2.05, 4.69) is 15.9 Å². The Morgan fingerprint density at radius 2 is 2.16 bits per heavy atom. The lowest BCUT2D eigenvalue weighted by molar-refractivity contribution is -0.139. The third-order valence-corrected chi connectivity index (χ3v) is 3.56. The van der Waals surface area contributed by atoms with E-state index in [0.29, 0.717) is 4.99 Å². The molecule has 0 saturated carbocycles. The number of nitrogens with zero attached hydrogens (tertiary/aromatic N) is 1. The quantitative estimate of drug-likeness (QED) is 0.656. The van der Waals surface area contributed by atoms with Crippen molar-refractivity contribution in [1.29, 1.82) is 0 Å². The molecule has 0 bridgehead atoms. The van der Waals surface area contributed by atoms with E-state index in [-0.39, 0.29) is 18.6 Å². The summed E-state index contributed by atoms with van der Waals surface area (Å²) in [6, 6.07) is 5.74. The maximum atomic E-state index is 11.5. The lowest BCUT2D eigenvalue weighted by Crippen LogP contribution is -2.36. The summed E-state index contributed by atoms with van der Waals surface area (Å²) in [5.41, 5.74) is 7.28. The van der Waals surface area contributed by atoms with Gasteiger partial charge in [-0.1, -0.05) is 12.2 Å². The third-order valence-electron chi connectivity index (χ3n) is 2.69. The second kappa shape index (κ2) is 6.86. The number of rotatable bonds is 5. The molecular weight excluding hydrogens is 328 g/mol. The number of carbonyl (C=O) groups is 1. The van der Waals surface area contributed by atoms with Gasteiger partial charge in [0, 0.05) is 16.1 Å². The largest absolute Gasteiger partial charge is 0.468 e. The van der Waals surface area contributed by atoms with Crippen LogP contribution < -0.4 is 10.6 Å². The molecule has 1 aromatic carbocycles. The fourth-order valence-electron chi connectivity index (χ4n) is 1.64. The molecule has 0 radical (unpaired) electrons. The van der Waals surface area contributed by atoms with Crippen LogP contribution in [0.1, 0.15) is 19.4 Å². The maximum absolute atomic E-state index is 11.5. The number of nitrogens with two attached hydrogens (primary N) is 1. The third kappa shape index (κ3) is 4.18. The van der Waals surface area contributed by atoms with Crippen LogP contribution in [0.3, 0.4) is 0 Å². The van der Waals surface area contributed by atoms with Gasteiger partial charge in [0.15, 0.2) is 0 Å². The van der Waals surface area contributed by atoms with Gasteiger partial charge in [-0.3, -0.25) is 4.79 Å². The number of ether oxygens (including phenoxy) is 1. The van der Waals surface area contributed by atoms with Crippen molar-refractivity contribution in [2.45, 2.75) is 19.9 Å². The average molecular weight is 345 g/mol. The van der Waals surface area contributed by atoms with Crippen molar-refractivity contribution >= 4 is 44.8 Å². The van der Waals surface area contributed by atoms with Crippen molar-refractivity contribution in [2.75, 3.05) is 18.6 Å². The molecule has 0 aliphatic carbocycles. The van der Waals surface area contributed by atoms with Crippen LogP contribution in [0.25, 0.3) is 0 Å². The smallest absolute Gasteiger partial charge is 0.325 e. The van der Waals surface area contributed by atoms with Crippen molar-refractivity contribution in [3.8, 4) is 0 Å². The van der Waals surface area contributed by atoms with Gasteiger partial charge in [-0.15, -0.1) is 0 Å². The number of methoxy groups -OCH3 is 1. The van der Waals surface area contributed by atoms with Gasteiger partial charge in [-0.05, 0) is 48.0 Å². The summed E-state index contributed by atoms with van der Waals surface area (Å²) in [6.45, 7) is 4.22. The Balaban J connectivity index is 3.09. The summed E-state index contributed by atoms with van der Waals surface area (Å²) >= 11 is 8.43. The van der Waals surface area contributed by atoms with Gasteiger partial charge in [0.2, 0.25) is 0 Å². The summed E-state index contributed by atoms with van der Waals surface area (Å²) in [5, 5.41) is 0. The monoisotopic (exact) mass is 344 g/mol. The van der Waals surface area contributed by atoms with Crippen molar-refractivity contribution in [3.63, 3.8) is 0 Å². The first-order valence-electron chi connectivity index (χ1n) is 5.79. The molecular formula is C13H17BrN2O2S. The van der Waals surface area contributed by atoms with Gasteiger partial charge in [-0.25, -0.2) is 0 Å². The molecule has 4 nitrogen and oxygen atoms in total. The molecule has 1 aromatic rings. The Morgan fingerprint density at radius 3 is 2.58 bits per heavy atom. The van der Waals surface area contributed by atoms with Gasteiger partial charge in [0.05, 0.1) is 12.8 Å². The van der Waals surface area contributed by atoms with Crippen LogP contribution in [0.5, 0.6) is 0 Å². The van der Waals surface area contributed by atoms with Gasteiger partial charge < -0.3 is 15.4 Å². The number of halogens is 1. The van der Waals surface area contributed by atoms with Gasteiger partial charge >= 0.3 is 5.97 Å². The van der Waals surface area contributed by atoms with Crippen LogP contribution in [-0.4, -0.2) is 30.7 Å². The summed E-state index contributed by atoms with van der Waals surface area (Å²) in [5.74, 6) is -0.279. The molecule has 0 amide bonds. The number of carbonyl (C=O) groups excluding carboxylic acids is 1. The van der Waals surface area contributed by atoms with E-state index in [1.165, 1.54) is 7.11 Å². The molecule has 0 heterocycles. The zero-order valence-electron chi connectivity index (χ0n) is 11.1. The SMILES string of the molecule is COC(=O)CN(c1ccc(C(N)=S)cc1Br)C(C)C. The van der Waals surface area contributed by atoms with Crippen LogP contribution >= 0.6 is 28.1 Å². The van der Waals surface area contributed by atoms with E-state index in [1.54, 1.807) is 0 Å². The Hall–Kier alpha value is -1.14. The van der Waals surface area contributed by atoms with E-state index in [4.69, 9.17) is 22.7 Å². The van der Waals surface area contributed by atoms with Crippen LogP contribution in [0.4, 0.5) is 5.69 Å². The first-order chi connectivity index (χ1) is 8.86. The molecule has 0 fully saturated rings. The van der Waals surface area contributed by atoms with Crippen molar-refractivity contribution in [1.82, 2.24) is 0 Å². The molecule has 2 N–H and O–H groups in total. The Morgan fingerprint density at radius 1 is 1.53 bits per heavy atom. The van der Waals surface area contributed by atoms with E-state index in [9.17, 15) is 4.79 Å². The highest BCUT2D eigenvalue weighted by Gasteiger charge is 2.18. The van der Waals surface area contributed by atoms with Gasteiger partial charge in [0.25, 0.3) is 0 Å². The predicted octanol–water partition coefficient (Wildman–Crippen LogP) is 2.47. The second-order valence-electron chi connectivity index (χ2n) is 4.33. The van der Waals surface area contributed by atoms with Crippen LogP contribution in [0, 0.1) is 0 Å². The molecule has 104 valence electrons. The first-order valence-corrected chi connectivity index (χ1v) is 6.99. The minimum absolute atomic E-state index is 0.158. The molecule has 0 atom stereocenters. The molecule has 0 aromatic heterocycles. The Kier molecular flexibility index (Phi) is 5.75. The van der Waals surface area contributed by atoms with Crippen LogP contribution in [-0.2, 0) is 9.53 Å². The summed E-state index contributed by atoms with van der Waals surface area (Å²) in [6.07, 6.45) is 0. The lowest BCUT2D eigenvalue weighted by Gasteiger charge is -2.29. The fourth-order valence-corrected chi connectivity index (χ4v) is 2.38. The fraction of sp³-hybridized carbons (Fsp3) is 0.385. The molecule has 0 saturated heterocycles. The van der Waals surface area contributed by atoms with Crippen LogP contribution in [0.15, 0.2) is 22.7 Å². The Bertz CT molecular complexity index is 492. The predicted molar refractivity (Wildman–Crippen MR) is 84.5 cm³/mol. The number of thiocarbonyl (C=S) groups is 1. The molecule has 1 rings (SSSR count). The molecule has 0 aliphatic heterocycles. The summed E-state index contributed by atoms with van der Waals surface area (Å²) in [7, 11) is 1.38. The Labute approximate surface area is 127 Å². The lowest BCUT2D eigenvalue weighted by atomic mass is 10.1. The number of hydrogen-bond donors (Lipinski definition) is 1. The summed E-state index contributed by atoms with van der Waals surface area (Å²) in [4.78, 5) is 13.8. The molecule has 0 aliphatic rings. The van der Waals surface area contributed by atoms with Crippen molar-refractivity contribution in [3.05, 3.63) is 28.2 Å². The topological polar surface area (TPSA) is 55.6 Å². The summed E-state index contributed by atoms with van der Waals surface area (Å²) < 4.78 is 5.56. The number of anilines is 1. The highest BCUT2D eigenvalue weighted by molar-refractivity contribution is 9.10. The first kappa shape index (κ1) is 15.9. The minimum atomic E-state index is -0.279. The molecule has 6 heteroatoms. The number of esters is 1. The zero-order chi connectivity index (χ0) is 14.6. The second-order valence-corrected chi connectivity index (χ2v) is 5.62. The van der Waals surface area contributed by atoms with E-state index in [0.717, 1.165) is 15.7 Å². The van der Waals surface area contributed by atoms with E-state index in [1.807, 2.05) is 36.9 Å². The number of benzene rings is 1. The van der Waals surface area contributed by atoms with E-state index < -0.39 is 0 Å². The highest BCUT2D eigenvalue weighted by atomic mass is 79.9. The van der Waals surface area contributed by atoms with Gasteiger partial charge in [-0.2, -0.15) is 0 Å². The van der Waals surface area contributed by atoms with Crippen molar-refractivity contribution < 1.29 is 9.53 Å². The van der Waals surface area contributed by atoms with E-state index >= 15 is 0 Å². The van der Waals surface area contributed by atoms with Gasteiger partial charge in [0.1, 0.15) is 11.5 Å². The standard InChI is InChI=1S/C13H17BrN2O2S/c1-8(2)16(7-12(17)18-3)11-5-4-9(13(15)19)6-10(11)14/h4-6,8H,7H2,1-3H3,(H2,15,19). The normalized spacial score (nSPS) is 10.4. The van der Waals surface area contributed by atoms with Crippen molar-refractivity contribution in [2.24, 2.45) is 5.73 Å². The average Bonchev–Trinajstić information content (AvgIpc) is 2.35. The molecule has 19 heavy (non-hydrogen) atoms. The molecule has 0 unspecified atom stereocenters. The van der Waals surface area contributed by atoms with Crippen LogP contribution in [0.2, 0.25) is 0 Å². The minimum Gasteiger partial charge on any atom is -0.468 e. The highest BCUT2D eigenvalue weighted by Crippen LogP contribution is 2.28.